The van der Waals surface area contributed by atoms with Crippen LogP contribution in [-0.2, 0) is 25.7 Å². The molecule has 0 saturated carbocycles. The third-order valence-corrected chi connectivity index (χ3v) is 5.99. The highest BCUT2D eigenvalue weighted by Gasteiger charge is 2.35. The molecule has 0 bridgehead atoms. The lowest BCUT2D eigenvalue weighted by molar-refractivity contribution is -0.139. The number of ketones is 1. The van der Waals surface area contributed by atoms with E-state index < -0.39 is 35.7 Å². The van der Waals surface area contributed by atoms with E-state index >= 15 is 0 Å². The van der Waals surface area contributed by atoms with Gasteiger partial charge >= 0.3 is 6.09 Å². The van der Waals surface area contributed by atoms with Crippen molar-refractivity contribution in [2.24, 2.45) is 5.92 Å². The van der Waals surface area contributed by atoms with Gasteiger partial charge in [0, 0.05) is 18.0 Å². The van der Waals surface area contributed by atoms with Gasteiger partial charge in [-0.2, -0.15) is 0 Å². The molecule has 0 aliphatic carbocycles. The summed E-state index contributed by atoms with van der Waals surface area (Å²) in [6.45, 7) is 0.401. The number of benzene rings is 3. The van der Waals surface area contributed by atoms with Crippen molar-refractivity contribution in [3.05, 3.63) is 83.9 Å². The van der Waals surface area contributed by atoms with Crippen LogP contribution in [0, 0.1) is 5.92 Å². The lowest BCUT2D eigenvalue weighted by Gasteiger charge is -2.19. The minimum Gasteiger partial charge on any atom is -0.445 e. The van der Waals surface area contributed by atoms with Gasteiger partial charge in [0.05, 0.1) is 0 Å². The fourth-order valence-corrected chi connectivity index (χ4v) is 4.11. The van der Waals surface area contributed by atoms with Gasteiger partial charge in [-0.25, -0.2) is 4.79 Å². The lowest BCUT2D eigenvalue weighted by Crippen LogP contribution is -2.50. The maximum Gasteiger partial charge on any atom is 0.408 e. The second-order valence-corrected chi connectivity index (χ2v) is 8.45. The predicted octanol–water partition coefficient (Wildman–Crippen LogP) is 2.49. The van der Waals surface area contributed by atoms with E-state index in [1.54, 1.807) is 48.5 Å². The van der Waals surface area contributed by atoms with Crippen LogP contribution in [0.2, 0.25) is 0 Å². The van der Waals surface area contributed by atoms with Gasteiger partial charge in [0.15, 0.2) is 0 Å². The number of nitrogens with one attached hydrogen (secondary N) is 3. The summed E-state index contributed by atoms with van der Waals surface area (Å²) in [4.78, 5) is 63.1. The Kier molecular flexibility index (Phi) is 7.69. The summed E-state index contributed by atoms with van der Waals surface area (Å²) in [6.07, 6.45) is -0.551. The van der Waals surface area contributed by atoms with Crippen molar-refractivity contribution in [1.82, 2.24) is 16.0 Å². The smallest absolute Gasteiger partial charge is 0.408 e. The number of hydrogen-bond donors (Lipinski definition) is 3. The van der Waals surface area contributed by atoms with Crippen molar-refractivity contribution in [2.75, 3.05) is 6.54 Å². The normalized spacial score (nSPS) is 15.6. The molecule has 9 heteroatoms. The molecule has 4 amide bonds. The second-order valence-electron chi connectivity index (χ2n) is 8.45. The fourth-order valence-electron chi connectivity index (χ4n) is 4.11. The molecule has 36 heavy (non-hydrogen) atoms. The van der Waals surface area contributed by atoms with E-state index in [-0.39, 0.29) is 24.5 Å². The Morgan fingerprint density at radius 2 is 1.67 bits per heavy atom. The zero-order valence-electron chi connectivity index (χ0n) is 19.4. The highest BCUT2D eigenvalue weighted by Crippen LogP contribution is 2.19. The number of rotatable bonds is 8. The van der Waals surface area contributed by atoms with Crippen molar-refractivity contribution in [2.45, 2.75) is 25.5 Å². The Labute approximate surface area is 207 Å². The van der Waals surface area contributed by atoms with Crippen LogP contribution in [0.4, 0.5) is 4.79 Å². The van der Waals surface area contributed by atoms with Crippen LogP contribution in [0.1, 0.15) is 28.8 Å². The molecular formula is C27H25N3O6. The molecule has 3 N–H and O–H groups in total. The average molecular weight is 488 g/mol. The SMILES string of the molecule is O=C(N[C@H](C[C@@H]1CCNC1=O)C(=O)C(=O)NC(=O)c1cccc2ccccc12)OCc1ccccc1. The summed E-state index contributed by atoms with van der Waals surface area (Å²) in [5, 5.41) is 8.60. The molecule has 1 aliphatic rings. The van der Waals surface area contributed by atoms with Crippen molar-refractivity contribution < 1.29 is 28.7 Å². The van der Waals surface area contributed by atoms with E-state index in [1.165, 1.54) is 0 Å². The first-order valence-corrected chi connectivity index (χ1v) is 11.5. The van der Waals surface area contributed by atoms with Crippen LogP contribution >= 0.6 is 0 Å². The van der Waals surface area contributed by atoms with Crippen LogP contribution < -0.4 is 16.0 Å². The maximum atomic E-state index is 13.0. The molecular weight excluding hydrogens is 462 g/mol. The van der Waals surface area contributed by atoms with Gasteiger partial charge < -0.3 is 15.4 Å². The van der Waals surface area contributed by atoms with Gasteiger partial charge in [-0.05, 0) is 35.2 Å². The third-order valence-electron chi connectivity index (χ3n) is 5.99. The third kappa shape index (κ3) is 5.93. The number of fused-ring (bicyclic) bond motifs is 1. The fraction of sp³-hybridized carbons (Fsp3) is 0.222. The first kappa shape index (κ1) is 24.6. The van der Waals surface area contributed by atoms with Gasteiger partial charge in [-0.15, -0.1) is 0 Å². The molecule has 3 aromatic rings. The largest absolute Gasteiger partial charge is 0.445 e. The zero-order valence-corrected chi connectivity index (χ0v) is 19.4. The first-order valence-electron chi connectivity index (χ1n) is 11.5. The Balaban J connectivity index is 1.45. The maximum absolute atomic E-state index is 13.0. The average Bonchev–Trinajstić information content (AvgIpc) is 3.30. The first-order chi connectivity index (χ1) is 17.4. The van der Waals surface area contributed by atoms with Gasteiger partial charge in [0.2, 0.25) is 11.7 Å². The van der Waals surface area contributed by atoms with E-state index in [0.717, 1.165) is 10.9 Å². The monoisotopic (exact) mass is 487 g/mol. The topological polar surface area (TPSA) is 131 Å². The lowest BCUT2D eigenvalue weighted by atomic mass is 9.95. The van der Waals surface area contributed by atoms with Crippen molar-refractivity contribution in [3.8, 4) is 0 Å². The molecule has 0 aromatic heterocycles. The van der Waals surface area contributed by atoms with Crippen LogP contribution in [0.5, 0.6) is 0 Å². The summed E-state index contributed by atoms with van der Waals surface area (Å²) in [7, 11) is 0. The minimum absolute atomic E-state index is 0.0384. The van der Waals surface area contributed by atoms with Crippen molar-refractivity contribution in [1.29, 1.82) is 0 Å². The van der Waals surface area contributed by atoms with Crippen molar-refractivity contribution >= 4 is 40.4 Å². The molecule has 1 saturated heterocycles. The number of amides is 4. The van der Waals surface area contributed by atoms with E-state index in [9.17, 15) is 24.0 Å². The number of Topliss-reactive ketones (excluding diaryl/α,β-unsaturated/α-hetero) is 1. The molecule has 184 valence electrons. The molecule has 4 rings (SSSR count). The predicted molar refractivity (Wildman–Crippen MR) is 131 cm³/mol. The van der Waals surface area contributed by atoms with E-state index in [4.69, 9.17) is 4.74 Å². The molecule has 1 heterocycles. The number of hydrogen-bond acceptors (Lipinski definition) is 6. The molecule has 9 nitrogen and oxygen atoms in total. The van der Waals surface area contributed by atoms with Crippen LogP contribution in [0.15, 0.2) is 72.8 Å². The highest BCUT2D eigenvalue weighted by molar-refractivity contribution is 6.41. The molecule has 1 fully saturated rings. The minimum atomic E-state index is -1.34. The van der Waals surface area contributed by atoms with Crippen LogP contribution in [0.3, 0.4) is 0 Å². The van der Waals surface area contributed by atoms with E-state index in [0.29, 0.717) is 18.4 Å². The molecule has 0 radical (unpaired) electrons. The Morgan fingerprint density at radius 1 is 0.944 bits per heavy atom. The Bertz CT molecular complexity index is 1300. The second kappa shape index (κ2) is 11.3. The van der Waals surface area contributed by atoms with Gasteiger partial charge in [0.25, 0.3) is 11.8 Å². The summed E-state index contributed by atoms with van der Waals surface area (Å²) < 4.78 is 5.18. The quantitative estimate of drug-likeness (QED) is 0.419. The molecule has 0 spiro atoms. The Morgan fingerprint density at radius 3 is 2.42 bits per heavy atom. The van der Waals surface area contributed by atoms with Crippen molar-refractivity contribution in [3.63, 3.8) is 0 Å². The van der Waals surface area contributed by atoms with Gasteiger partial charge in [0.1, 0.15) is 12.6 Å². The van der Waals surface area contributed by atoms with E-state index in [2.05, 4.69) is 16.0 Å². The number of ether oxygens (including phenoxy) is 1. The molecule has 0 unspecified atom stereocenters. The zero-order chi connectivity index (χ0) is 25.5. The standard InChI is InChI=1S/C27H25N3O6/c31-23(26(34)30-25(33)21-12-6-10-18-9-4-5-11-20(18)21)22(15-19-13-14-28-24(19)32)29-27(35)36-16-17-7-2-1-3-8-17/h1-12,19,22H,13-16H2,(H,28,32)(H,29,35)(H,30,33,34)/t19-,22+/m0/s1. The number of imide groups is 1. The number of carbonyl (C=O) groups excluding carboxylic acids is 5. The summed E-state index contributed by atoms with van der Waals surface area (Å²) in [5.74, 6) is -3.79. The summed E-state index contributed by atoms with van der Waals surface area (Å²) in [6, 6.07) is 19.8. The van der Waals surface area contributed by atoms with Crippen LogP contribution in [0.25, 0.3) is 10.8 Å². The summed E-state index contributed by atoms with van der Waals surface area (Å²) in [5.41, 5.74) is 0.973. The van der Waals surface area contributed by atoms with E-state index in [1.807, 2.05) is 24.3 Å². The molecule has 2 atom stereocenters. The summed E-state index contributed by atoms with van der Waals surface area (Å²) >= 11 is 0. The highest BCUT2D eigenvalue weighted by atomic mass is 16.5. The van der Waals surface area contributed by atoms with Gasteiger partial charge in [-0.3, -0.25) is 24.5 Å². The van der Waals surface area contributed by atoms with Gasteiger partial charge in [-0.1, -0.05) is 66.7 Å². The molecule has 1 aliphatic heterocycles. The number of alkyl carbamates (subject to hydrolysis) is 1. The number of carbonyl (C=O) groups is 5. The molecule has 3 aromatic carbocycles. The Hall–Kier alpha value is -4.53. The van der Waals surface area contributed by atoms with Crippen LogP contribution in [-0.4, -0.2) is 42.2 Å².